The first-order chi connectivity index (χ1) is 13.3. The number of carbonyl (C=O) groups excluding carboxylic acids is 1. The zero-order valence-electron chi connectivity index (χ0n) is 16.0. The average Bonchev–Trinajstić information content (AvgIpc) is 2.64. The molecule has 0 aliphatic rings. The molecule has 0 bridgehead atoms. The SMILES string of the molecule is CCOc1ccc(N([C@@H](C)C(=O)Nc2ccc(CC#N)cc2)S(C)(=O)=O)cc1. The molecule has 7 nitrogen and oxygen atoms in total. The number of nitriles is 1. The van der Waals surface area contributed by atoms with Crippen molar-refractivity contribution in [1.29, 1.82) is 5.26 Å². The van der Waals surface area contributed by atoms with Crippen LogP contribution in [-0.2, 0) is 21.2 Å². The van der Waals surface area contributed by atoms with E-state index in [0.717, 1.165) is 16.1 Å². The number of amides is 1. The summed E-state index contributed by atoms with van der Waals surface area (Å²) in [6.45, 7) is 3.88. The first-order valence-electron chi connectivity index (χ1n) is 8.75. The van der Waals surface area contributed by atoms with E-state index >= 15 is 0 Å². The van der Waals surface area contributed by atoms with Gasteiger partial charge in [-0.1, -0.05) is 12.1 Å². The minimum Gasteiger partial charge on any atom is -0.494 e. The van der Waals surface area contributed by atoms with Crippen LogP contribution < -0.4 is 14.4 Å². The number of carbonyl (C=O) groups is 1. The minimum atomic E-state index is -3.70. The van der Waals surface area contributed by atoms with Crippen LogP contribution in [0.4, 0.5) is 11.4 Å². The van der Waals surface area contributed by atoms with Crippen molar-refractivity contribution < 1.29 is 17.9 Å². The fraction of sp³-hybridized carbons (Fsp3) is 0.300. The molecule has 0 spiro atoms. The van der Waals surface area contributed by atoms with E-state index in [1.54, 1.807) is 48.5 Å². The topological polar surface area (TPSA) is 99.5 Å². The second kappa shape index (κ2) is 9.24. The molecule has 0 unspecified atom stereocenters. The highest BCUT2D eigenvalue weighted by atomic mass is 32.2. The standard InChI is InChI=1S/C20H23N3O4S/c1-4-27-19-11-9-18(10-12-19)23(28(3,25)26)15(2)20(24)22-17-7-5-16(6-8-17)13-14-21/h5-12,15H,4,13H2,1-3H3,(H,22,24)/t15-/m0/s1. The van der Waals surface area contributed by atoms with Crippen molar-refractivity contribution in [3.05, 3.63) is 54.1 Å². The van der Waals surface area contributed by atoms with Gasteiger partial charge in [-0.15, -0.1) is 0 Å². The molecule has 0 aliphatic carbocycles. The normalized spacial score (nSPS) is 11.9. The summed E-state index contributed by atoms with van der Waals surface area (Å²) >= 11 is 0. The first-order valence-corrected chi connectivity index (χ1v) is 10.6. The zero-order valence-corrected chi connectivity index (χ0v) is 16.9. The van der Waals surface area contributed by atoms with Crippen molar-refractivity contribution in [2.75, 3.05) is 22.5 Å². The van der Waals surface area contributed by atoms with E-state index in [-0.39, 0.29) is 6.42 Å². The predicted octanol–water partition coefficient (Wildman–Crippen LogP) is 2.94. The van der Waals surface area contributed by atoms with Crippen LogP contribution in [0.2, 0.25) is 0 Å². The summed E-state index contributed by atoms with van der Waals surface area (Å²) < 4.78 is 31.1. The number of nitrogens with zero attached hydrogens (tertiary/aromatic N) is 2. The van der Waals surface area contributed by atoms with E-state index in [2.05, 4.69) is 11.4 Å². The molecule has 1 atom stereocenters. The molecule has 28 heavy (non-hydrogen) atoms. The molecule has 2 rings (SSSR count). The molecule has 148 valence electrons. The summed E-state index contributed by atoms with van der Waals surface area (Å²) in [4.78, 5) is 12.7. The lowest BCUT2D eigenvalue weighted by Crippen LogP contribution is -2.45. The number of nitrogens with one attached hydrogen (secondary N) is 1. The van der Waals surface area contributed by atoms with Gasteiger partial charge in [-0.3, -0.25) is 9.10 Å². The largest absolute Gasteiger partial charge is 0.494 e. The third kappa shape index (κ3) is 5.47. The molecular weight excluding hydrogens is 378 g/mol. The monoisotopic (exact) mass is 401 g/mol. The van der Waals surface area contributed by atoms with E-state index in [0.29, 0.717) is 23.7 Å². The molecule has 0 saturated heterocycles. The van der Waals surface area contributed by atoms with Crippen LogP contribution in [0, 0.1) is 11.3 Å². The molecule has 0 radical (unpaired) electrons. The van der Waals surface area contributed by atoms with Crippen LogP contribution in [0.15, 0.2) is 48.5 Å². The third-order valence-corrected chi connectivity index (χ3v) is 5.24. The Kier molecular flexibility index (Phi) is 7.01. The molecular formula is C20H23N3O4S. The number of hydrogen-bond donors (Lipinski definition) is 1. The van der Waals surface area contributed by atoms with Crippen LogP contribution >= 0.6 is 0 Å². The van der Waals surface area contributed by atoms with E-state index < -0.39 is 22.0 Å². The van der Waals surface area contributed by atoms with E-state index in [1.165, 1.54) is 6.92 Å². The summed E-state index contributed by atoms with van der Waals surface area (Å²) in [5.74, 6) is 0.154. The molecule has 0 aromatic heterocycles. The van der Waals surface area contributed by atoms with Gasteiger partial charge in [0.05, 0.1) is 31.0 Å². The minimum absolute atomic E-state index is 0.282. The Hall–Kier alpha value is -3.05. The molecule has 0 fully saturated rings. The van der Waals surface area contributed by atoms with Gasteiger partial charge in [-0.2, -0.15) is 5.26 Å². The maximum atomic E-state index is 12.7. The van der Waals surface area contributed by atoms with Crippen LogP contribution in [0.25, 0.3) is 0 Å². The summed E-state index contributed by atoms with van der Waals surface area (Å²) in [5.41, 5.74) is 1.73. The zero-order chi connectivity index (χ0) is 20.7. The van der Waals surface area contributed by atoms with Gasteiger partial charge in [0.25, 0.3) is 0 Å². The van der Waals surface area contributed by atoms with Crippen molar-refractivity contribution in [2.45, 2.75) is 26.3 Å². The molecule has 2 aromatic rings. The van der Waals surface area contributed by atoms with Crippen LogP contribution in [-0.4, -0.2) is 33.2 Å². The summed E-state index contributed by atoms with van der Waals surface area (Å²) in [7, 11) is -3.70. The Labute approximate surface area is 165 Å². The van der Waals surface area contributed by atoms with Crippen molar-refractivity contribution in [2.24, 2.45) is 0 Å². The number of benzene rings is 2. The molecule has 1 N–H and O–H groups in total. The molecule has 0 saturated carbocycles. The van der Waals surface area contributed by atoms with Gasteiger partial charge in [0, 0.05) is 5.69 Å². The van der Waals surface area contributed by atoms with Crippen LogP contribution in [0.1, 0.15) is 19.4 Å². The number of sulfonamides is 1. The average molecular weight is 401 g/mol. The van der Waals surface area contributed by atoms with Gasteiger partial charge >= 0.3 is 0 Å². The maximum absolute atomic E-state index is 12.7. The number of ether oxygens (including phenoxy) is 1. The smallest absolute Gasteiger partial charge is 0.247 e. The van der Waals surface area contributed by atoms with Gasteiger partial charge in [0.1, 0.15) is 11.8 Å². The fourth-order valence-electron chi connectivity index (χ4n) is 2.71. The van der Waals surface area contributed by atoms with Gasteiger partial charge in [-0.25, -0.2) is 8.42 Å². The predicted molar refractivity (Wildman–Crippen MR) is 109 cm³/mol. The van der Waals surface area contributed by atoms with E-state index in [4.69, 9.17) is 10.00 Å². The number of hydrogen-bond acceptors (Lipinski definition) is 5. The Morgan fingerprint density at radius 1 is 1.18 bits per heavy atom. The second-order valence-corrected chi connectivity index (χ2v) is 8.04. The van der Waals surface area contributed by atoms with Crippen LogP contribution in [0.3, 0.4) is 0 Å². The third-order valence-electron chi connectivity index (χ3n) is 4.00. The van der Waals surface area contributed by atoms with E-state index in [9.17, 15) is 13.2 Å². The van der Waals surface area contributed by atoms with E-state index in [1.807, 2.05) is 6.92 Å². The quantitative estimate of drug-likeness (QED) is 0.733. The lowest BCUT2D eigenvalue weighted by Gasteiger charge is -2.28. The maximum Gasteiger partial charge on any atom is 0.247 e. The van der Waals surface area contributed by atoms with Gasteiger partial charge < -0.3 is 10.1 Å². The molecule has 1 amide bonds. The number of rotatable bonds is 8. The Bertz CT molecular complexity index is 948. The lowest BCUT2D eigenvalue weighted by molar-refractivity contribution is -0.116. The Balaban J connectivity index is 2.21. The highest BCUT2D eigenvalue weighted by Crippen LogP contribution is 2.24. The molecule has 0 heterocycles. The second-order valence-electron chi connectivity index (χ2n) is 6.18. The van der Waals surface area contributed by atoms with Crippen molar-refractivity contribution in [3.8, 4) is 11.8 Å². The van der Waals surface area contributed by atoms with Gasteiger partial charge in [-0.05, 0) is 55.8 Å². The Morgan fingerprint density at radius 2 is 1.79 bits per heavy atom. The van der Waals surface area contributed by atoms with Crippen molar-refractivity contribution in [1.82, 2.24) is 0 Å². The summed E-state index contributed by atoms with van der Waals surface area (Å²) in [6, 6.07) is 14.5. The molecule has 8 heteroatoms. The van der Waals surface area contributed by atoms with Gasteiger partial charge in [0.2, 0.25) is 15.9 Å². The molecule has 2 aromatic carbocycles. The van der Waals surface area contributed by atoms with Crippen molar-refractivity contribution in [3.63, 3.8) is 0 Å². The molecule has 0 aliphatic heterocycles. The Morgan fingerprint density at radius 3 is 2.29 bits per heavy atom. The lowest BCUT2D eigenvalue weighted by atomic mass is 10.1. The highest BCUT2D eigenvalue weighted by molar-refractivity contribution is 7.92. The van der Waals surface area contributed by atoms with Crippen LogP contribution in [0.5, 0.6) is 5.75 Å². The van der Waals surface area contributed by atoms with Crippen molar-refractivity contribution >= 4 is 27.3 Å². The van der Waals surface area contributed by atoms with Gasteiger partial charge in [0.15, 0.2) is 0 Å². The first kappa shape index (κ1) is 21.3. The summed E-state index contributed by atoms with van der Waals surface area (Å²) in [6.07, 6.45) is 1.34. The fourth-order valence-corrected chi connectivity index (χ4v) is 3.88. The number of anilines is 2. The summed E-state index contributed by atoms with van der Waals surface area (Å²) in [5, 5.41) is 11.4. The highest BCUT2D eigenvalue weighted by Gasteiger charge is 2.29.